The van der Waals surface area contributed by atoms with Crippen molar-refractivity contribution in [2.75, 3.05) is 6.54 Å². The van der Waals surface area contributed by atoms with Crippen LogP contribution in [-0.4, -0.2) is 37.3 Å². The lowest BCUT2D eigenvalue weighted by molar-refractivity contribution is -0.139. The van der Waals surface area contributed by atoms with Gasteiger partial charge in [-0.1, -0.05) is 11.6 Å². The van der Waals surface area contributed by atoms with Crippen LogP contribution in [0.5, 0.6) is 0 Å². The minimum Gasteiger partial charge on any atom is -0.352 e. The Bertz CT molecular complexity index is 794. The summed E-state index contributed by atoms with van der Waals surface area (Å²) in [5, 5.41) is 2.50. The minimum absolute atomic E-state index is 0.00497. The van der Waals surface area contributed by atoms with E-state index in [-0.39, 0.29) is 24.0 Å². The molecule has 1 N–H and O–H groups in total. The Hall–Kier alpha value is -1.32. The normalized spacial score (nSPS) is 22.2. The van der Waals surface area contributed by atoms with Gasteiger partial charge in [-0.15, -0.1) is 0 Å². The molecular weight excluding hydrogens is 381 g/mol. The van der Waals surface area contributed by atoms with E-state index in [0.717, 1.165) is 29.3 Å². The second kappa shape index (κ2) is 6.44. The first-order valence-corrected chi connectivity index (χ1v) is 9.61. The fourth-order valence-corrected chi connectivity index (χ4v) is 4.91. The molecule has 25 heavy (non-hydrogen) atoms. The highest BCUT2D eigenvalue weighted by atomic mass is 35.5. The summed E-state index contributed by atoms with van der Waals surface area (Å²) in [5.74, 6) is -0.453. The van der Waals surface area contributed by atoms with Crippen LogP contribution >= 0.6 is 11.6 Å². The Morgan fingerprint density at radius 2 is 1.92 bits per heavy atom. The monoisotopic (exact) mass is 396 g/mol. The van der Waals surface area contributed by atoms with Crippen molar-refractivity contribution in [2.24, 2.45) is 0 Å². The van der Waals surface area contributed by atoms with Crippen molar-refractivity contribution in [3.63, 3.8) is 0 Å². The summed E-state index contributed by atoms with van der Waals surface area (Å²) in [7, 11) is -4.48. The molecule has 1 aromatic rings. The summed E-state index contributed by atoms with van der Waals surface area (Å²) in [6.45, 7) is 0.00497. The van der Waals surface area contributed by atoms with Crippen LogP contribution in [-0.2, 0) is 21.0 Å². The number of hydrogen-bond acceptors (Lipinski definition) is 3. The van der Waals surface area contributed by atoms with Gasteiger partial charge < -0.3 is 5.32 Å². The second-order valence-electron chi connectivity index (χ2n) is 6.19. The smallest absolute Gasteiger partial charge is 0.352 e. The maximum atomic E-state index is 13.3. The van der Waals surface area contributed by atoms with E-state index in [4.69, 9.17) is 11.6 Å². The Morgan fingerprint density at radius 1 is 1.24 bits per heavy atom. The Kier molecular flexibility index (Phi) is 4.76. The molecule has 1 saturated carbocycles. The lowest BCUT2D eigenvalue weighted by Gasteiger charge is -2.25. The number of hydrogen-bond donors (Lipinski definition) is 1. The predicted molar refractivity (Wildman–Crippen MR) is 84.5 cm³/mol. The highest BCUT2D eigenvalue weighted by Crippen LogP contribution is 2.38. The number of alkyl halides is 3. The quantitative estimate of drug-likeness (QED) is 0.851. The number of sulfonamides is 1. The molecular formula is C15H16ClF3N2O3S. The Balaban J connectivity index is 1.97. The zero-order valence-corrected chi connectivity index (χ0v) is 14.6. The number of amides is 1. The van der Waals surface area contributed by atoms with Crippen LogP contribution in [0.1, 0.15) is 31.2 Å². The summed E-state index contributed by atoms with van der Waals surface area (Å²) in [6.07, 6.45) is -2.51. The van der Waals surface area contributed by atoms with Gasteiger partial charge in [-0.3, -0.25) is 4.79 Å². The van der Waals surface area contributed by atoms with Crippen LogP contribution in [0.25, 0.3) is 0 Å². The largest absolute Gasteiger partial charge is 0.417 e. The molecule has 2 fully saturated rings. The Morgan fingerprint density at radius 3 is 2.52 bits per heavy atom. The molecule has 0 unspecified atom stereocenters. The zero-order chi connectivity index (χ0) is 18.4. The van der Waals surface area contributed by atoms with Crippen molar-refractivity contribution in [2.45, 2.75) is 48.8 Å². The van der Waals surface area contributed by atoms with E-state index in [0.29, 0.717) is 12.5 Å². The van der Waals surface area contributed by atoms with Gasteiger partial charge in [0.1, 0.15) is 6.04 Å². The molecule has 138 valence electrons. The van der Waals surface area contributed by atoms with Gasteiger partial charge in [-0.25, -0.2) is 8.42 Å². The van der Waals surface area contributed by atoms with Crippen LogP contribution in [0, 0.1) is 0 Å². The fraction of sp³-hybridized carbons (Fsp3) is 0.533. The van der Waals surface area contributed by atoms with E-state index >= 15 is 0 Å². The number of rotatable bonds is 4. The highest BCUT2D eigenvalue weighted by molar-refractivity contribution is 7.89. The first kappa shape index (κ1) is 18.5. The molecule has 0 spiro atoms. The zero-order valence-electron chi connectivity index (χ0n) is 13.0. The van der Waals surface area contributed by atoms with Gasteiger partial charge in [-0.05, 0) is 43.9 Å². The molecule has 1 saturated heterocycles. The number of nitrogens with one attached hydrogen (secondary N) is 1. The number of benzene rings is 1. The first-order valence-electron chi connectivity index (χ1n) is 7.79. The van der Waals surface area contributed by atoms with Gasteiger partial charge in [-0.2, -0.15) is 17.5 Å². The van der Waals surface area contributed by atoms with Crippen LogP contribution in [0.3, 0.4) is 0 Å². The van der Waals surface area contributed by atoms with Crippen LogP contribution in [0.15, 0.2) is 23.1 Å². The van der Waals surface area contributed by atoms with Gasteiger partial charge >= 0.3 is 6.18 Å². The third kappa shape index (κ3) is 3.78. The van der Waals surface area contributed by atoms with Crippen molar-refractivity contribution in [1.82, 2.24) is 9.62 Å². The molecule has 1 heterocycles. The van der Waals surface area contributed by atoms with E-state index in [1.54, 1.807) is 0 Å². The van der Waals surface area contributed by atoms with E-state index in [2.05, 4.69) is 5.32 Å². The first-order chi connectivity index (χ1) is 11.6. The van der Waals surface area contributed by atoms with Crippen molar-refractivity contribution >= 4 is 27.5 Å². The number of nitrogens with zero attached hydrogens (tertiary/aromatic N) is 1. The maximum Gasteiger partial charge on any atom is 0.417 e. The van der Waals surface area contributed by atoms with E-state index in [1.165, 1.54) is 0 Å². The molecule has 1 aliphatic heterocycles. The molecule has 1 atom stereocenters. The van der Waals surface area contributed by atoms with Crippen LogP contribution in [0.4, 0.5) is 13.2 Å². The molecule has 0 aromatic heterocycles. The summed E-state index contributed by atoms with van der Waals surface area (Å²) < 4.78 is 66.3. The van der Waals surface area contributed by atoms with Crippen molar-refractivity contribution in [3.05, 3.63) is 28.8 Å². The predicted octanol–water partition coefficient (Wildman–Crippen LogP) is 2.79. The van der Waals surface area contributed by atoms with Crippen LogP contribution < -0.4 is 5.32 Å². The summed E-state index contributed by atoms with van der Waals surface area (Å²) in [6, 6.07) is 1.58. The average molecular weight is 397 g/mol. The lowest BCUT2D eigenvalue weighted by Crippen LogP contribution is -2.46. The van der Waals surface area contributed by atoms with Gasteiger partial charge in [0.2, 0.25) is 15.9 Å². The summed E-state index contributed by atoms with van der Waals surface area (Å²) in [5.41, 5.74) is -1.33. The highest BCUT2D eigenvalue weighted by Gasteiger charge is 2.44. The van der Waals surface area contributed by atoms with Crippen molar-refractivity contribution < 1.29 is 26.4 Å². The van der Waals surface area contributed by atoms with E-state index < -0.39 is 38.6 Å². The van der Waals surface area contributed by atoms with Gasteiger partial charge in [0.15, 0.2) is 0 Å². The molecule has 3 rings (SSSR count). The van der Waals surface area contributed by atoms with Crippen LogP contribution in [0.2, 0.25) is 5.02 Å². The van der Waals surface area contributed by atoms with Crippen molar-refractivity contribution in [3.8, 4) is 0 Å². The fourth-order valence-electron chi connectivity index (χ4n) is 2.89. The maximum absolute atomic E-state index is 13.3. The minimum atomic E-state index is -4.88. The second-order valence-corrected chi connectivity index (χ2v) is 8.49. The SMILES string of the molecule is O=C(NC1CC1)[C@@H]1CCCN1S(=O)(=O)c1ccc(Cl)cc1C(F)(F)F. The molecule has 1 amide bonds. The molecule has 0 bridgehead atoms. The van der Waals surface area contributed by atoms with Gasteiger partial charge in [0, 0.05) is 17.6 Å². The lowest BCUT2D eigenvalue weighted by atomic mass is 10.2. The standard InChI is InChI=1S/C15H16ClF3N2O3S/c16-9-3-6-13(11(8-9)15(17,18)19)25(23,24)21-7-1-2-12(21)14(22)20-10-4-5-10/h3,6,8,10,12H,1-2,4-5,7H2,(H,20,22)/t12-/m0/s1. The topological polar surface area (TPSA) is 66.5 Å². The van der Waals surface area contributed by atoms with Crippen molar-refractivity contribution in [1.29, 1.82) is 0 Å². The number of carbonyl (C=O) groups is 1. The summed E-state index contributed by atoms with van der Waals surface area (Å²) >= 11 is 5.60. The van der Waals surface area contributed by atoms with E-state index in [1.807, 2.05) is 0 Å². The Labute approximate surface area is 148 Å². The molecule has 1 aliphatic carbocycles. The third-order valence-electron chi connectivity index (χ3n) is 4.26. The average Bonchev–Trinajstić information content (AvgIpc) is 3.17. The molecule has 5 nitrogen and oxygen atoms in total. The molecule has 2 aliphatic rings. The molecule has 0 radical (unpaired) electrons. The third-order valence-corrected chi connectivity index (χ3v) is 6.47. The van der Waals surface area contributed by atoms with Gasteiger partial charge in [0.05, 0.1) is 10.5 Å². The van der Waals surface area contributed by atoms with E-state index in [9.17, 15) is 26.4 Å². The van der Waals surface area contributed by atoms with Gasteiger partial charge in [0.25, 0.3) is 0 Å². The number of halogens is 4. The molecule has 1 aromatic carbocycles. The number of carbonyl (C=O) groups excluding carboxylic acids is 1. The summed E-state index contributed by atoms with van der Waals surface area (Å²) in [4.78, 5) is 11.4. The molecule has 10 heteroatoms.